The van der Waals surface area contributed by atoms with Crippen molar-refractivity contribution in [1.82, 2.24) is 30.1 Å². The lowest BCUT2D eigenvalue weighted by atomic mass is 10.0. The van der Waals surface area contributed by atoms with Crippen LogP contribution >= 0.6 is 0 Å². The number of nitrogens with one attached hydrogen (secondary N) is 4. The molecule has 0 spiro atoms. The predicted octanol–water partition coefficient (Wildman–Crippen LogP) is 4.95. The van der Waals surface area contributed by atoms with Crippen LogP contribution in [0.5, 0.6) is 0 Å². The van der Waals surface area contributed by atoms with Gasteiger partial charge in [-0.15, -0.1) is 0 Å². The summed E-state index contributed by atoms with van der Waals surface area (Å²) in [7, 11) is 0. The van der Waals surface area contributed by atoms with Gasteiger partial charge in [0.25, 0.3) is 0 Å². The molecule has 9 nitrogen and oxygen atoms in total. The van der Waals surface area contributed by atoms with Crippen molar-refractivity contribution < 1.29 is 4.79 Å². The topological polar surface area (TPSA) is 124 Å². The Balaban J connectivity index is 1.25. The zero-order valence-electron chi connectivity index (χ0n) is 17.8. The number of carbonyl (C=O) groups is 1. The molecule has 164 valence electrons. The number of para-hydroxylation sites is 2. The number of H-pyrrole nitrogens is 2. The minimum absolute atomic E-state index is 0.166. The fourth-order valence-corrected chi connectivity index (χ4v) is 3.86. The number of hydrogen-bond acceptors (Lipinski definition) is 7. The summed E-state index contributed by atoms with van der Waals surface area (Å²) in [6.45, 7) is 0. The SMILES string of the molecule is O=C(c1c[nH]nc1Nc1nccc(Nc2cnc3ccccc3c2)n1)c1cccc2cc[nH]c12. The molecule has 0 radical (unpaired) electrons. The van der Waals surface area contributed by atoms with Gasteiger partial charge in [0.15, 0.2) is 11.6 Å². The van der Waals surface area contributed by atoms with E-state index in [4.69, 9.17) is 0 Å². The Morgan fingerprint density at radius 2 is 1.79 bits per heavy atom. The van der Waals surface area contributed by atoms with Gasteiger partial charge in [-0.1, -0.05) is 30.3 Å². The van der Waals surface area contributed by atoms with Crippen LogP contribution in [0.25, 0.3) is 21.8 Å². The summed E-state index contributed by atoms with van der Waals surface area (Å²) in [5.41, 5.74) is 3.46. The van der Waals surface area contributed by atoms with E-state index < -0.39 is 0 Å². The number of fused-ring (bicyclic) bond motifs is 2. The summed E-state index contributed by atoms with van der Waals surface area (Å²) in [6.07, 6.45) is 6.76. The Hall–Kier alpha value is -5.05. The molecule has 6 rings (SSSR count). The molecule has 0 aliphatic rings. The zero-order chi connectivity index (χ0) is 22.9. The minimum Gasteiger partial charge on any atom is -0.361 e. The van der Waals surface area contributed by atoms with Gasteiger partial charge in [-0.3, -0.25) is 14.9 Å². The highest BCUT2D eigenvalue weighted by Gasteiger charge is 2.19. The monoisotopic (exact) mass is 446 g/mol. The molecule has 4 N–H and O–H groups in total. The van der Waals surface area contributed by atoms with E-state index in [0.29, 0.717) is 28.7 Å². The molecule has 0 unspecified atom stereocenters. The molecule has 0 saturated heterocycles. The number of anilines is 4. The van der Waals surface area contributed by atoms with E-state index in [1.165, 1.54) is 0 Å². The normalized spacial score (nSPS) is 11.1. The molecular weight excluding hydrogens is 428 g/mol. The fourth-order valence-electron chi connectivity index (χ4n) is 3.86. The van der Waals surface area contributed by atoms with Gasteiger partial charge in [-0.25, -0.2) is 4.98 Å². The Morgan fingerprint density at radius 3 is 2.76 bits per heavy atom. The van der Waals surface area contributed by atoms with E-state index in [9.17, 15) is 4.79 Å². The number of aromatic nitrogens is 6. The Kier molecular flexibility index (Phi) is 4.70. The van der Waals surface area contributed by atoms with Crippen LogP contribution in [0.15, 0.2) is 85.5 Å². The number of hydrogen-bond donors (Lipinski definition) is 4. The third kappa shape index (κ3) is 3.61. The number of carbonyl (C=O) groups excluding carboxylic acids is 1. The third-order valence-electron chi connectivity index (χ3n) is 5.47. The second-order valence-corrected chi connectivity index (χ2v) is 7.66. The highest BCUT2D eigenvalue weighted by molar-refractivity contribution is 6.17. The molecule has 0 atom stereocenters. The number of aromatic amines is 2. The Labute approximate surface area is 193 Å². The summed E-state index contributed by atoms with van der Waals surface area (Å²) in [6, 6.07) is 19.2. The zero-order valence-corrected chi connectivity index (χ0v) is 17.8. The fraction of sp³-hybridized carbons (Fsp3) is 0. The van der Waals surface area contributed by atoms with E-state index >= 15 is 0 Å². The van der Waals surface area contributed by atoms with Gasteiger partial charge in [-0.05, 0) is 30.3 Å². The van der Waals surface area contributed by atoms with Crippen LogP contribution in [0.2, 0.25) is 0 Å². The number of ketones is 1. The van der Waals surface area contributed by atoms with E-state index in [1.54, 1.807) is 30.7 Å². The van der Waals surface area contributed by atoms with Gasteiger partial charge in [0, 0.05) is 34.9 Å². The van der Waals surface area contributed by atoms with Crippen LogP contribution in [0.4, 0.5) is 23.3 Å². The lowest BCUT2D eigenvalue weighted by Crippen LogP contribution is -2.07. The minimum atomic E-state index is -0.166. The first-order valence-electron chi connectivity index (χ1n) is 10.6. The molecule has 0 amide bonds. The smallest absolute Gasteiger partial charge is 0.230 e. The van der Waals surface area contributed by atoms with Crippen molar-refractivity contribution in [2.45, 2.75) is 0 Å². The average Bonchev–Trinajstić information content (AvgIpc) is 3.53. The number of rotatable bonds is 6. The predicted molar refractivity (Wildman–Crippen MR) is 131 cm³/mol. The molecule has 0 aliphatic heterocycles. The van der Waals surface area contributed by atoms with Crippen molar-refractivity contribution >= 4 is 50.9 Å². The summed E-state index contributed by atoms with van der Waals surface area (Å²) in [4.78, 5) is 29.6. The van der Waals surface area contributed by atoms with Crippen molar-refractivity contribution in [1.29, 1.82) is 0 Å². The Morgan fingerprint density at radius 1 is 0.882 bits per heavy atom. The van der Waals surface area contributed by atoms with Crippen LogP contribution in [-0.2, 0) is 0 Å². The molecule has 4 aromatic heterocycles. The first-order chi connectivity index (χ1) is 16.7. The van der Waals surface area contributed by atoms with Crippen LogP contribution in [0.3, 0.4) is 0 Å². The molecule has 0 saturated carbocycles. The summed E-state index contributed by atoms with van der Waals surface area (Å²) in [5.74, 6) is 1.06. The summed E-state index contributed by atoms with van der Waals surface area (Å²) in [5, 5.41) is 15.2. The Bertz CT molecular complexity index is 1650. The molecule has 2 aromatic carbocycles. The van der Waals surface area contributed by atoms with E-state index in [-0.39, 0.29) is 5.78 Å². The van der Waals surface area contributed by atoms with Gasteiger partial charge in [0.05, 0.1) is 28.5 Å². The van der Waals surface area contributed by atoms with Crippen molar-refractivity contribution in [3.63, 3.8) is 0 Å². The molecule has 0 bridgehead atoms. The standard InChI is InChI=1S/C25H18N8O/c34-23(18-6-3-5-15-8-10-26-22(15)18)19-14-29-33-24(19)32-25-27-11-9-21(31-25)30-17-12-16-4-1-2-7-20(16)28-13-17/h1-14,26H,(H3,27,29,30,31,32,33). The first-order valence-corrected chi connectivity index (χ1v) is 10.6. The third-order valence-corrected chi connectivity index (χ3v) is 5.47. The van der Waals surface area contributed by atoms with Gasteiger partial charge < -0.3 is 15.6 Å². The second kappa shape index (κ2) is 8.14. The maximum Gasteiger partial charge on any atom is 0.230 e. The number of nitrogens with zero attached hydrogens (tertiary/aromatic N) is 4. The molecule has 0 fully saturated rings. The maximum absolute atomic E-state index is 13.3. The molecule has 6 aromatic rings. The van der Waals surface area contributed by atoms with Crippen LogP contribution < -0.4 is 10.6 Å². The average molecular weight is 446 g/mol. The van der Waals surface area contributed by atoms with E-state index in [0.717, 1.165) is 27.5 Å². The maximum atomic E-state index is 13.3. The van der Waals surface area contributed by atoms with Crippen molar-refractivity contribution in [3.05, 3.63) is 96.6 Å². The summed E-state index contributed by atoms with van der Waals surface area (Å²) >= 11 is 0. The van der Waals surface area contributed by atoms with Gasteiger partial charge in [-0.2, -0.15) is 10.1 Å². The van der Waals surface area contributed by atoms with Gasteiger partial charge in [0.1, 0.15) is 5.82 Å². The number of pyridine rings is 1. The highest BCUT2D eigenvalue weighted by Crippen LogP contribution is 2.25. The number of benzene rings is 2. The van der Waals surface area contributed by atoms with Gasteiger partial charge in [0.2, 0.25) is 5.95 Å². The van der Waals surface area contributed by atoms with Gasteiger partial charge >= 0.3 is 0 Å². The molecule has 4 heterocycles. The van der Waals surface area contributed by atoms with Crippen molar-refractivity contribution in [2.75, 3.05) is 10.6 Å². The second-order valence-electron chi connectivity index (χ2n) is 7.66. The lowest BCUT2D eigenvalue weighted by Gasteiger charge is -2.09. The molecule has 0 aliphatic carbocycles. The largest absolute Gasteiger partial charge is 0.361 e. The molecular formula is C25H18N8O. The van der Waals surface area contributed by atoms with Crippen LogP contribution in [-0.4, -0.2) is 35.9 Å². The van der Waals surface area contributed by atoms with Crippen molar-refractivity contribution in [2.24, 2.45) is 0 Å². The summed E-state index contributed by atoms with van der Waals surface area (Å²) < 4.78 is 0. The highest BCUT2D eigenvalue weighted by atomic mass is 16.1. The van der Waals surface area contributed by atoms with E-state index in [1.807, 2.05) is 54.7 Å². The quantitative estimate of drug-likeness (QED) is 0.267. The van der Waals surface area contributed by atoms with Crippen molar-refractivity contribution in [3.8, 4) is 0 Å². The van der Waals surface area contributed by atoms with Crippen LogP contribution in [0, 0.1) is 0 Å². The molecule has 9 heteroatoms. The lowest BCUT2D eigenvalue weighted by molar-refractivity contribution is 0.104. The molecule has 34 heavy (non-hydrogen) atoms. The van der Waals surface area contributed by atoms with E-state index in [2.05, 4.69) is 40.8 Å². The van der Waals surface area contributed by atoms with Crippen LogP contribution in [0.1, 0.15) is 15.9 Å². The first kappa shape index (κ1) is 19.6.